The van der Waals surface area contributed by atoms with Gasteiger partial charge in [-0.1, -0.05) is 52.9 Å². The van der Waals surface area contributed by atoms with Crippen molar-refractivity contribution in [2.75, 3.05) is 6.54 Å². The third kappa shape index (κ3) is 5.86. The van der Waals surface area contributed by atoms with Gasteiger partial charge in [-0.25, -0.2) is 9.59 Å². The SMILES string of the molecule is CC1(C)C2CC[C@]1(C)C(NC(=O)[C@@H](CC1CCCCC1)NC(=O)N[C@@H](CCCCN)C(=O)O)C2. The van der Waals surface area contributed by atoms with Gasteiger partial charge >= 0.3 is 12.0 Å². The van der Waals surface area contributed by atoms with E-state index >= 15 is 0 Å². The zero-order valence-corrected chi connectivity index (χ0v) is 21.3. The van der Waals surface area contributed by atoms with Gasteiger partial charge in [0.1, 0.15) is 12.1 Å². The van der Waals surface area contributed by atoms with Crippen LogP contribution in [0.1, 0.15) is 97.8 Å². The average molecular weight is 479 g/mol. The molecule has 34 heavy (non-hydrogen) atoms. The van der Waals surface area contributed by atoms with Crippen LogP contribution in [0.4, 0.5) is 4.79 Å². The summed E-state index contributed by atoms with van der Waals surface area (Å²) in [5.41, 5.74) is 5.75. The van der Waals surface area contributed by atoms with Gasteiger partial charge < -0.3 is 26.8 Å². The summed E-state index contributed by atoms with van der Waals surface area (Å²) in [7, 11) is 0. The van der Waals surface area contributed by atoms with E-state index in [1.165, 1.54) is 12.8 Å². The van der Waals surface area contributed by atoms with Gasteiger partial charge in [0.2, 0.25) is 5.91 Å². The van der Waals surface area contributed by atoms with Crippen LogP contribution in [0.25, 0.3) is 0 Å². The number of carbonyl (C=O) groups is 3. The quantitative estimate of drug-likeness (QED) is 0.290. The first-order valence-corrected chi connectivity index (χ1v) is 13.4. The van der Waals surface area contributed by atoms with Crippen molar-refractivity contribution in [3.8, 4) is 0 Å². The zero-order valence-electron chi connectivity index (χ0n) is 21.3. The van der Waals surface area contributed by atoms with Crippen molar-refractivity contribution in [2.24, 2.45) is 28.4 Å². The fourth-order valence-corrected chi connectivity index (χ4v) is 6.79. The minimum Gasteiger partial charge on any atom is -0.480 e. The van der Waals surface area contributed by atoms with Crippen LogP contribution >= 0.6 is 0 Å². The third-order valence-electron chi connectivity index (χ3n) is 9.58. The molecule has 5 atom stereocenters. The molecule has 8 heteroatoms. The minimum atomic E-state index is -1.07. The molecule has 0 radical (unpaired) electrons. The van der Waals surface area contributed by atoms with Crippen LogP contribution in [0.2, 0.25) is 0 Å². The fourth-order valence-electron chi connectivity index (χ4n) is 6.79. The lowest BCUT2D eigenvalue weighted by molar-refractivity contribution is -0.139. The van der Waals surface area contributed by atoms with Crippen LogP contribution in [0, 0.1) is 22.7 Å². The number of nitrogens with one attached hydrogen (secondary N) is 3. The number of carboxylic acids is 1. The Morgan fingerprint density at radius 2 is 1.68 bits per heavy atom. The number of hydrogen-bond donors (Lipinski definition) is 5. The van der Waals surface area contributed by atoms with Gasteiger partial charge in [-0.05, 0) is 74.2 Å². The third-order valence-corrected chi connectivity index (χ3v) is 9.58. The molecular weight excluding hydrogens is 432 g/mol. The van der Waals surface area contributed by atoms with Crippen molar-refractivity contribution in [1.29, 1.82) is 0 Å². The number of nitrogens with two attached hydrogens (primary N) is 1. The first-order chi connectivity index (χ1) is 16.1. The summed E-state index contributed by atoms with van der Waals surface area (Å²) in [6.45, 7) is 7.41. The Kier molecular flexibility index (Phi) is 8.87. The standard InChI is InChI=1S/C26H46N4O4/c1-25(2)18-12-13-26(25,3)21(16-18)30-22(31)20(15-17-9-5-4-6-10-17)29-24(34)28-19(23(32)33)11-7-8-14-27/h17-21H,4-16,27H2,1-3H3,(H,30,31)(H,32,33)(H2,28,29,34)/t18?,19-,20+,21?,26+/m0/s1. The van der Waals surface area contributed by atoms with Crippen LogP contribution < -0.4 is 21.7 Å². The maximum absolute atomic E-state index is 13.5. The summed E-state index contributed by atoms with van der Waals surface area (Å²) in [6.07, 6.45) is 11.2. The maximum Gasteiger partial charge on any atom is 0.326 e. The number of urea groups is 1. The topological polar surface area (TPSA) is 134 Å². The minimum absolute atomic E-state index is 0.0579. The highest BCUT2D eigenvalue weighted by Crippen LogP contribution is 2.65. The van der Waals surface area contributed by atoms with E-state index in [2.05, 4.69) is 36.7 Å². The van der Waals surface area contributed by atoms with Gasteiger partial charge in [0.05, 0.1) is 0 Å². The second kappa shape index (κ2) is 11.3. The highest BCUT2D eigenvalue weighted by Gasteiger charge is 2.61. The number of rotatable bonds is 11. The summed E-state index contributed by atoms with van der Waals surface area (Å²) in [6, 6.07) is -2.13. The number of carboxylic acid groups (broad SMARTS) is 1. The highest BCUT2D eigenvalue weighted by molar-refractivity contribution is 5.89. The van der Waals surface area contributed by atoms with Crippen LogP contribution in [-0.4, -0.2) is 47.7 Å². The van der Waals surface area contributed by atoms with Gasteiger partial charge in [-0.3, -0.25) is 4.79 Å². The second-order valence-corrected chi connectivity index (χ2v) is 11.8. The van der Waals surface area contributed by atoms with E-state index in [0.29, 0.717) is 44.1 Å². The molecule has 3 saturated carbocycles. The van der Waals surface area contributed by atoms with Gasteiger partial charge in [0.15, 0.2) is 0 Å². The predicted molar refractivity (Wildman–Crippen MR) is 132 cm³/mol. The Hall–Kier alpha value is -1.83. The van der Waals surface area contributed by atoms with Gasteiger partial charge in [0.25, 0.3) is 0 Å². The molecule has 194 valence electrons. The van der Waals surface area contributed by atoms with Crippen molar-refractivity contribution in [1.82, 2.24) is 16.0 Å². The molecule has 2 bridgehead atoms. The summed E-state index contributed by atoms with van der Waals surface area (Å²) < 4.78 is 0. The fraction of sp³-hybridized carbons (Fsp3) is 0.885. The number of carbonyl (C=O) groups excluding carboxylic acids is 2. The van der Waals surface area contributed by atoms with Gasteiger partial charge in [0, 0.05) is 6.04 Å². The van der Waals surface area contributed by atoms with Gasteiger partial charge in [-0.15, -0.1) is 0 Å². The van der Waals surface area contributed by atoms with Gasteiger partial charge in [-0.2, -0.15) is 0 Å². The Morgan fingerprint density at radius 1 is 1.00 bits per heavy atom. The first-order valence-electron chi connectivity index (χ1n) is 13.4. The van der Waals surface area contributed by atoms with E-state index in [0.717, 1.165) is 38.5 Å². The lowest BCUT2D eigenvalue weighted by atomic mass is 9.69. The Morgan fingerprint density at radius 3 is 2.24 bits per heavy atom. The Balaban J connectivity index is 1.65. The Labute approximate surface area is 204 Å². The molecule has 0 aromatic carbocycles. The van der Waals surface area contributed by atoms with Crippen LogP contribution in [0.5, 0.6) is 0 Å². The number of aliphatic carboxylic acids is 1. The normalized spacial score (nSPS) is 29.9. The lowest BCUT2D eigenvalue weighted by Gasteiger charge is -2.40. The smallest absolute Gasteiger partial charge is 0.326 e. The van der Waals surface area contributed by atoms with E-state index < -0.39 is 24.1 Å². The molecule has 0 spiro atoms. The molecule has 3 amide bonds. The summed E-state index contributed by atoms with van der Waals surface area (Å²) >= 11 is 0. The zero-order chi connectivity index (χ0) is 24.9. The summed E-state index contributed by atoms with van der Waals surface area (Å²) in [4.78, 5) is 37.9. The molecule has 3 aliphatic carbocycles. The van der Waals surface area contributed by atoms with Crippen molar-refractivity contribution < 1.29 is 19.5 Å². The van der Waals surface area contributed by atoms with E-state index in [1.807, 2.05) is 0 Å². The molecule has 0 aliphatic heterocycles. The van der Waals surface area contributed by atoms with E-state index in [4.69, 9.17) is 5.73 Å². The number of hydrogen-bond acceptors (Lipinski definition) is 4. The maximum atomic E-state index is 13.5. The first kappa shape index (κ1) is 26.8. The number of amides is 3. The number of fused-ring (bicyclic) bond motifs is 2. The van der Waals surface area contributed by atoms with Crippen LogP contribution in [-0.2, 0) is 9.59 Å². The average Bonchev–Trinajstić information content (AvgIpc) is 3.12. The molecule has 6 N–H and O–H groups in total. The van der Waals surface area contributed by atoms with Crippen molar-refractivity contribution in [3.63, 3.8) is 0 Å². The van der Waals surface area contributed by atoms with Crippen molar-refractivity contribution in [2.45, 2.75) is 116 Å². The molecule has 3 aliphatic rings. The molecule has 0 heterocycles. The monoisotopic (exact) mass is 478 g/mol. The van der Waals surface area contributed by atoms with Crippen LogP contribution in [0.15, 0.2) is 0 Å². The Bertz CT molecular complexity index is 736. The number of unbranched alkanes of at least 4 members (excludes halogenated alkanes) is 1. The van der Waals surface area contributed by atoms with E-state index in [9.17, 15) is 19.5 Å². The summed E-state index contributed by atoms with van der Waals surface area (Å²) in [5, 5.41) is 18.2. The second-order valence-electron chi connectivity index (χ2n) is 11.8. The van der Waals surface area contributed by atoms with Crippen LogP contribution in [0.3, 0.4) is 0 Å². The molecule has 0 saturated heterocycles. The molecular formula is C26H46N4O4. The van der Waals surface area contributed by atoms with E-state index in [1.54, 1.807) is 0 Å². The van der Waals surface area contributed by atoms with Crippen molar-refractivity contribution in [3.05, 3.63) is 0 Å². The molecule has 0 aromatic heterocycles. The highest BCUT2D eigenvalue weighted by atomic mass is 16.4. The molecule has 3 rings (SSSR count). The largest absolute Gasteiger partial charge is 0.480 e. The van der Waals surface area contributed by atoms with E-state index in [-0.39, 0.29) is 22.8 Å². The lowest BCUT2D eigenvalue weighted by Crippen LogP contribution is -2.57. The molecule has 0 aromatic rings. The predicted octanol–water partition coefficient (Wildman–Crippen LogP) is 3.54. The van der Waals surface area contributed by atoms with Crippen molar-refractivity contribution >= 4 is 17.9 Å². The molecule has 2 unspecified atom stereocenters. The molecule has 8 nitrogen and oxygen atoms in total. The molecule has 3 fully saturated rings. The summed E-state index contributed by atoms with van der Waals surface area (Å²) in [5.74, 6) is -0.194.